The van der Waals surface area contributed by atoms with Crippen LogP contribution in [0.3, 0.4) is 0 Å². The zero-order valence-electron chi connectivity index (χ0n) is 15.9. The summed E-state index contributed by atoms with van der Waals surface area (Å²) < 4.78 is 11.1. The van der Waals surface area contributed by atoms with Crippen LogP contribution in [0.2, 0.25) is 0 Å². The lowest BCUT2D eigenvalue weighted by atomic mass is 9.90. The van der Waals surface area contributed by atoms with Gasteiger partial charge in [-0.2, -0.15) is 0 Å². The lowest BCUT2D eigenvalue weighted by molar-refractivity contribution is -0.152. The van der Waals surface area contributed by atoms with E-state index in [2.05, 4.69) is 17.1 Å². The highest BCUT2D eigenvalue weighted by atomic mass is 16.5. The molecule has 0 radical (unpaired) electrons. The summed E-state index contributed by atoms with van der Waals surface area (Å²) in [7, 11) is 3.74. The zero-order valence-corrected chi connectivity index (χ0v) is 15.9. The molecule has 1 rings (SSSR count). The summed E-state index contributed by atoms with van der Waals surface area (Å²) in [4.78, 5) is 26.7. The molecule has 0 aliphatic carbocycles. The Morgan fingerprint density at radius 3 is 2.71 bits per heavy atom. The molecule has 0 saturated carbocycles. The van der Waals surface area contributed by atoms with Gasteiger partial charge in [-0.25, -0.2) is 0 Å². The normalized spacial score (nSPS) is 31.7. The van der Waals surface area contributed by atoms with Crippen LogP contribution in [0.5, 0.6) is 0 Å². The highest BCUT2D eigenvalue weighted by molar-refractivity contribution is 5.98. The number of ketones is 1. The minimum Gasteiger partial charge on any atom is -0.463 e. The van der Waals surface area contributed by atoms with Gasteiger partial charge in [0.05, 0.1) is 11.6 Å². The molecule has 0 spiro atoms. The second-order valence-corrected chi connectivity index (χ2v) is 7.02. The monoisotopic (exact) mass is 342 g/mol. The molecule has 6 nitrogen and oxygen atoms in total. The summed E-state index contributed by atoms with van der Waals surface area (Å²) >= 11 is 0. The first-order valence-corrected chi connectivity index (χ1v) is 8.98. The van der Waals surface area contributed by atoms with Crippen molar-refractivity contribution in [1.29, 1.82) is 0 Å². The summed E-state index contributed by atoms with van der Waals surface area (Å²) in [6.07, 6.45) is 2.83. The fourth-order valence-corrected chi connectivity index (χ4v) is 2.91. The number of Topliss-reactive ketones (excluding diaryl/α,β-unsaturated/α-hetero) is 1. The quantitative estimate of drug-likeness (QED) is 0.619. The van der Waals surface area contributed by atoms with E-state index in [9.17, 15) is 9.59 Å². The third-order valence-electron chi connectivity index (χ3n) is 5.12. The molecule has 6 heteroatoms. The van der Waals surface area contributed by atoms with E-state index in [-0.39, 0.29) is 17.4 Å². The number of carbonyl (C=O) groups excluding carboxylic acids is 2. The Kier molecular flexibility index (Phi) is 8.87. The van der Waals surface area contributed by atoms with Crippen molar-refractivity contribution in [3.8, 4) is 0 Å². The number of rotatable bonds is 4. The van der Waals surface area contributed by atoms with Gasteiger partial charge < -0.3 is 14.8 Å². The molecule has 1 aliphatic heterocycles. The fraction of sp³-hybridized carbons (Fsp3) is 0.889. The van der Waals surface area contributed by atoms with Crippen molar-refractivity contribution in [2.24, 2.45) is 5.92 Å². The van der Waals surface area contributed by atoms with Crippen LogP contribution in [0, 0.1) is 5.92 Å². The molecular formula is C18H34N2O4. The number of hydrogen-bond donors (Lipinski definition) is 1. The number of ether oxygens (including phenoxy) is 2. The number of hydrogen-bond acceptors (Lipinski definition) is 6. The average molecular weight is 342 g/mol. The van der Waals surface area contributed by atoms with Crippen LogP contribution < -0.4 is 5.32 Å². The molecule has 3 atom stereocenters. The van der Waals surface area contributed by atoms with Crippen molar-refractivity contribution < 1.29 is 19.1 Å². The second kappa shape index (κ2) is 10.1. The lowest BCUT2D eigenvalue weighted by Gasteiger charge is -2.31. The molecule has 140 valence electrons. The van der Waals surface area contributed by atoms with Crippen LogP contribution in [-0.4, -0.2) is 68.7 Å². The predicted molar refractivity (Wildman–Crippen MR) is 94.0 cm³/mol. The van der Waals surface area contributed by atoms with Crippen LogP contribution in [0.4, 0.5) is 0 Å². The standard InChI is InChI=1S/C18H34N2O4/c1-6-19-12-15-13-24-17(22)14(2)16(21)8-10-18(3,23-5)9-7-11-20(15)4/h14-15,19H,6-13H2,1-5H3/t14?,15?,18-/m1/s1. The maximum absolute atomic E-state index is 12.3. The van der Waals surface area contributed by atoms with Crippen LogP contribution >= 0.6 is 0 Å². The summed E-state index contributed by atoms with van der Waals surface area (Å²) in [5, 5.41) is 3.31. The molecule has 0 aromatic rings. The second-order valence-electron chi connectivity index (χ2n) is 7.02. The van der Waals surface area contributed by atoms with Crippen LogP contribution in [0.25, 0.3) is 0 Å². The van der Waals surface area contributed by atoms with Gasteiger partial charge in [-0.05, 0) is 53.2 Å². The van der Waals surface area contributed by atoms with Crippen LogP contribution in [-0.2, 0) is 19.1 Å². The minimum absolute atomic E-state index is 0.0703. The largest absolute Gasteiger partial charge is 0.463 e. The van der Waals surface area contributed by atoms with Gasteiger partial charge in [0.15, 0.2) is 0 Å². The lowest BCUT2D eigenvalue weighted by Crippen LogP contribution is -2.44. The minimum atomic E-state index is -0.711. The Balaban J connectivity index is 2.86. The Labute approximate surface area is 146 Å². The molecule has 0 bridgehead atoms. The predicted octanol–water partition coefficient (Wildman–Crippen LogP) is 1.62. The van der Waals surface area contributed by atoms with E-state index in [0.29, 0.717) is 19.4 Å². The van der Waals surface area contributed by atoms with Crippen molar-refractivity contribution in [1.82, 2.24) is 10.2 Å². The number of esters is 1. The van der Waals surface area contributed by atoms with Gasteiger partial charge in [-0.15, -0.1) is 0 Å². The topological polar surface area (TPSA) is 67.9 Å². The van der Waals surface area contributed by atoms with Gasteiger partial charge in [-0.3, -0.25) is 14.5 Å². The van der Waals surface area contributed by atoms with Crippen molar-refractivity contribution in [3.05, 3.63) is 0 Å². The van der Waals surface area contributed by atoms with Crippen molar-refractivity contribution in [2.75, 3.05) is 40.4 Å². The van der Waals surface area contributed by atoms with E-state index in [1.54, 1.807) is 14.0 Å². The molecule has 0 aromatic carbocycles. The summed E-state index contributed by atoms with van der Waals surface area (Å²) in [5.41, 5.74) is -0.328. The van der Waals surface area contributed by atoms with Crippen LogP contribution in [0.1, 0.15) is 46.5 Å². The third kappa shape index (κ3) is 6.49. The van der Waals surface area contributed by atoms with Crippen molar-refractivity contribution in [3.63, 3.8) is 0 Å². The SMILES string of the molecule is CCNCC1COC(=O)C(C)C(=O)CC[C@](C)(OC)CCCN1C. The summed E-state index contributed by atoms with van der Waals surface area (Å²) in [6.45, 7) is 8.56. The van der Waals surface area contributed by atoms with E-state index in [1.807, 2.05) is 14.0 Å². The van der Waals surface area contributed by atoms with Crippen molar-refractivity contribution >= 4 is 11.8 Å². The Bertz CT molecular complexity index is 416. The summed E-state index contributed by atoms with van der Waals surface area (Å²) in [5.74, 6) is -1.20. The maximum Gasteiger partial charge on any atom is 0.316 e. The first-order chi connectivity index (χ1) is 11.3. The first kappa shape index (κ1) is 21.1. The number of carbonyl (C=O) groups is 2. The number of cyclic esters (lactones) is 1. The van der Waals surface area contributed by atoms with Gasteiger partial charge in [0.1, 0.15) is 18.3 Å². The smallest absolute Gasteiger partial charge is 0.316 e. The number of methoxy groups -OCH3 is 1. The molecule has 2 unspecified atom stereocenters. The molecule has 1 saturated heterocycles. The van der Waals surface area contributed by atoms with Gasteiger partial charge in [0.2, 0.25) is 0 Å². The molecule has 1 N–H and O–H groups in total. The van der Waals surface area contributed by atoms with E-state index < -0.39 is 11.9 Å². The number of nitrogens with one attached hydrogen (secondary N) is 1. The average Bonchev–Trinajstić information content (AvgIpc) is 2.58. The van der Waals surface area contributed by atoms with E-state index in [0.717, 1.165) is 32.5 Å². The first-order valence-electron chi connectivity index (χ1n) is 8.98. The molecule has 0 aromatic heterocycles. The zero-order chi connectivity index (χ0) is 18.2. The van der Waals surface area contributed by atoms with E-state index >= 15 is 0 Å². The number of nitrogens with zero attached hydrogens (tertiary/aromatic N) is 1. The highest BCUT2D eigenvalue weighted by Gasteiger charge is 2.30. The molecular weight excluding hydrogens is 308 g/mol. The Morgan fingerprint density at radius 2 is 2.08 bits per heavy atom. The number of likely N-dealkylation sites (N-methyl/N-ethyl adjacent to an activating group) is 2. The van der Waals surface area contributed by atoms with Gasteiger partial charge in [-0.1, -0.05) is 6.92 Å². The van der Waals surface area contributed by atoms with Gasteiger partial charge in [0, 0.05) is 20.1 Å². The van der Waals surface area contributed by atoms with Gasteiger partial charge in [0.25, 0.3) is 0 Å². The third-order valence-corrected chi connectivity index (χ3v) is 5.12. The molecule has 1 fully saturated rings. The summed E-state index contributed by atoms with van der Waals surface area (Å²) in [6, 6.07) is 0.103. The van der Waals surface area contributed by atoms with Crippen LogP contribution in [0.15, 0.2) is 0 Å². The molecule has 24 heavy (non-hydrogen) atoms. The highest BCUT2D eigenvalue weighted by Crippen LogP contribution is 2.25. The van der Waals surface area contributed by atoms with E-state index in [1.165, 1.54) is 0 Å². The van der Waals surface area contributed by atoms with E-state index in [4.69, 9.17) is 9.47 Å². The Hall–Kier alpha value is -0.980. The molecule has 0 amide bonds. The maximum atomic E-state index is 12.3. The Morgan fingerprint density at radius 1 is 1.38 bits per heavy atom. The molecule has 1 aliphatic rings. The van der Waals surface area contributed by atoms with Crippen molar-refractivity contribution in [2.45, 2.75) is 58.1 Å². The fourth-order valence-electron chi connectivity index (χ4n) is 2.91. The molecule has 1 heterocycles. The van der Waals surface area contributed by atoms with Gasteiger partial charge >= 0.3 is 5.97 Å².